The van der Waals surface area contributed by atoms with Crippen LogP contribution >= 0.6 is 0 Å². The largest absolute Gasteiger partial charge is 0.338 e. The van der Waals surface area contributed by atoms with E-state index in [1.165, 1.54) is 83.0 Å². The van der Waals surface area contributed by atoms with Crippen molar-refractivity contribution in [2.75, 3.05) is 4.90 Å². The van der Waals surface area contributed by atoms with E-state index in [1.807, 2.05) is 0 Å². The summed E-state index contributed by atoms with van der Waals surface area (Å²) < 4.78 is 0. The monoisotopic (exact) mass is 1030 g/mol. The van der Waals surface area contributed by atoms with E-state index in [1.54, 1.807) is 0 Å². The van der Waals surface area contributed by atoms with Gasteiger partial charge in [0.05, 0.1) is 6.04 Å². The van der Waals surface area contributed by atoms with Gasteiger partial charge in [-0.05, 0) is 181 Å². The Balaban J connectivity index is 0.784. The van der Waals surface area contributed by atoms with Crippen LogP contribution in [0.5, 0.6) is 0 Å². The number of hydrogen-bond acceptors (Lipinski definition) is 2. The maximum absolute atomic E-state index is 2.57. The van der Waals surface area contributed by atoms with Gasteiger partial charge in [0.15, 0.2) is 0 Å². The zero-order valence-electron chi connectivity index (χ0n) is 45.0. The molecule has 0 aliphatic heterocycles. The molecule has 3 aliphatic rings. The number of fused-ring (bicyclic) bond motifs is 3. The third-order valence-electron chi connectivity index (χ3n) is 15.8. The van der Waals surface area contributed by atoms with Crippen LogP contribution in [0.25, 0.3) is 84.8 Å². The molecule has 80 heavy (non-hydrogen) atoms. The molecule has 0 fully saturated rings. The average molecular weight is 1030 g/mol. The van der Waals surface area contributed by atoms with Gasteiger partial charge >= 0.3 is 0 Å². The molecule has 0 heterocycles. The standard InChI is InChI=1S/C78H62N2/c1-7-19-65(20-8-1)77-73-53-39-59(33-31-57-35-41-61(42-36-57)63-45-49-71(50-46-63)79(67-23-11-3-12-24-67)68-25-13-4-14-26-68)55-75(73)76-56-60(40-54-74(76)78(77)66-21-9-2-10-22-66)34-32-58-37-43-62(44-38-58)64-47-51-72(52-48-64)80(69-27-15-5-16-28-69)70-29-17-6-18-30-70/h1-5,7-15,17,19-27,29-51,53-56,72H,6,16,18,28,52H2/b33-31+,34-32+. The molecule has 2 heteroatoms. The molecule has 384 valence electrons. The summed E-state index contributed by atoms with van der Waals surface area (Å²) in [7, 11) is 0. The van der Waals surface area contributed by atoms with Gasteiger partial charge in [-0.1, -0.05) is 249 Å². The first kappa shape index (κ1) is 49.8. The van der Waals surface area contributed by atoms with Gasteiger partial charge in [0.25, 0.3) is 0 Å². The van der Waals surface area contributed by atoms with E-state index in [2.05, 4.69) is 319 Å². The number of nitrogens with zero attached hydrogens (tertiary/aromatic N) is 2. The van der Waals surface area contributed by atoms with Gasteiger partial charge in [0, 0.05) is 28.5 Å². The Kier molecular flexibility index (Phi) is 14.4. The normalized spacial score (nSPS) is 15.1. The Morgan fingerprint density at radius 2 is 0.863 bits per heavy atom. The number of rotatable bonds is 14. The lowest BCUT2D eigenvalue weighted by molar-refractivity contribution is 0.356. The summed E-state index contributed by atoms with van der Waals surface area (Å²) in [5.41, 5.74) is 20.6. The fourth-order valence-corrected chi connectivity index (χ4v) is 11.8. The maximum atomic E-state index is 2.57. The number of hydrogen-bond donors (Lipinski definition) is 0. The predicted octanol–water partition coefficient (Wildman–Crippen LogP) is 21.3. The second-order valence-corrected chi connectivity index (χ2v) is 21.0. The Bertz CT molecular complexity index is 4040. The van der Waals surface area contributed by atoms with Crippen LogP contribution in [-0.2, 0) is 0 Å². The Hall–Kier alpha value is -9.76. The minimum absolute atomic E-state index is 0.308. The van der Waals surface area contributed by atoms with E-state index < -0.39 is 0 Å². The lowest BCUT2D eigenvalue weighted by atomic mass is 9.84. The first-order valence-electron chi connectivity index (χ1n) is 28.3. The average Bonchev–Trinajstić information content (AvgIpc) is 3.57. The van der Waals surface area contributed by atoms with Crippen molar-refractivity contribution in [3.63, 3.8) is 0 Å². The SMILES string of the molecule is C1=CCCC(N(C2=CCCC=C2)C2C=CC(c3ccc(/C=C/c4ccc5c(-c6ccccc6)c(-c6ccccc6)c6ccc(/C=C/c7ccc(-c8ccc(N(c9ccccc9)c9ccccc9)cc8)cc7)cc6c5c4)cc3)=CC2)=C1. The molecule has 1 unspecified atom stereocenters. The van der Waals surface area contributed by atoms with E-state index in [9.17, 15) is 0 Å². The van der Waals surface area contributed by atoms with E-state index in [0.29, 0.717) is 6.04 Å². The smallest absolute Gasteiger partial charge is 0.0557 e. The minimum atomic E-state index is 0.308. The molecule has 10 aromatic rings. The Morgan fingerprint density at radius 1 is 0.375 bits per heavy atom. The molecule has 13 rings (SSSR count). The van der Waals surface area contributed by atoms with Crippen LogP contribution in [0, 0.1) is 0 Å². The molecule has 0 radical (unpaired) electrons. The highest BCUT2D eigenvalue weighted by Gasteiger charge is 2.24. The van der Waals surface area contributed by atoms with Gasteiger partial charge in [0.2, 0.25) is 0 Å². The van der Waals surface area contributed by atoms with Crippen molar-refractivity contribution in [1.29, 1.82) is 0 Å². The molecule has 10 aromatic carbocycles. The van der Waals surface area contributed by atoms with Crippen molar-refractivity contribution in [2.24, 2.45) is 0 Å². The van der Waals surface area contributed by atoms with Crippen molar-refractivity contribution in [3.8, 4) is 33.4 Å². The molecule has 0 bridgehead atoms. The van der Waals surface area contributed by atoms with Crippen LogP contribution in [-0.4, -0.2) is 10.9 Å². The van der Waals surface area contributed by atoms with E-state index in [0.717, 1.165) is 65.9 Å². The Morgan fingerprint density at radius 3 is 1.35 bits per heavy atom. The van der Waals surface area contributed by atoms with Crippen LogP contribution in [0.2, 0.25) is 0 Å². The van der Waals surface area contributed by atoms with Crippen LogP contribution < -0.4 is 4.90 Å². The topological polar surface area (TPSA) is 6.48 Å². The number of para-hydroxylation sites is 2. The highest BCUT2D eigenvalue weighted by Crippen LogP contribution is 2.46. The summed E-state index contributed by atoms with van der Waals surface area (Å²) in [6.07, 6.45) is 35.4. The molecule has 0 amide bonds. The zero-order chi connectivity index (χ0) is 53.5. The minimum Gasteiger partial charge on any atom is -0.338 e. The quantitative estimate of drug-likeness (QED) is 0.0791. The number of benzene rings is 10. The van der Waals surface area contributed by atoms with Crippen molar-refractivity contribution in [2.45, 2.75) is 38.1 Å². The zero-order valence-corrected chi connectivity index (χ0v) is 45.0. The van der Waals surface area contributed by atoms with Gasteiger partial charge in [-0.15, -0.1) is 0 Å². The van der Waals surface area contributed by atoms with Crippen LogP contribution in [0.1, 0.15) is 59.9 Å². The lowest BCUT2D eigenvalue weighted by Crippen LogP contribution is -2.33. The van der Waals surface area contributed by atoms with Crippen molar-refractivity contribution >= 4 is 68.5 Å². The summed E-state index contributed by atoms with van der Waals surface area (Å²) in [5, 5.41) is 4.94. The third kappa shape index (κ3) is 10.6. The van der Waals surface area contributed by atoms with Gasteiger partial charge < -0.3 is 9.80 Å². The first-order valence-corrected chi connectivity index (χ1v) is 28.3. The van der Waals surface area contributed by atoms with Gasteiger partial charge in [-0.2, -0.15) is 0 Å². The highest BCUT2D eigenvalue weighted by atomic mass is 15.2. The molecule has 0 N–H and O–H groups in total. The summed E-state index contributed by atoms with van der Waals surface area (Å²) in [6.45, 7) is 0. The molecule has 0 spiro atoms. The second-order valence-electron chi connectivity index (χ2n) is 21.0. The van der Waals surface area contributed by atoms with E-state index in [-0.39, 0.29) is 0 Å². The third-order valence-corrected chi connectivity index (χ3v) is 15.8. The summed E-state index contributed by atoms with van der Waals surface area (Å²) in [4.78, 5) is 4.87. The Labute approximate surface area is 471 Å². The molecule has 0 saturated carbocycles. The molecule has 0 aromatic heterocycles. The molecule has 1 atom stereocenters. The molecule has 3 aliphatic carbocycles. The molecular formula is C78H62N2. The number of anilines is 3. The summed E-state index contributed by atoms with van der Waals surface area (Å²) in [6, 6.07) is 84.1. The summed E-state index contributed by atoms with van der Waals surface area (Å²) >= 11 is 0. The van der Waals surface area contributed by atoms with Gasteiger partial charge in [-0.3, -0.25) is 0 Å². The maximum Gasteiger partial charge on any atom is 0.0557 e. The molecule has 0 saturated heterocycles. The summed E-state index contributed by atoms with van der Waals surface area (Å²) in [5.74, 6) is 0. The van der Waals surface area contributed by atoms with Crippen molar-refractivity contribution < 1.29 is 0 Å². The van der Waals surface area contributed by atoms with E-state index in [4.69, 9.17) is 0 Å². The lowest BCUT2D eigenvalue weighted by Gasteiger charge is -2.37. The van der Waals surface area contributed by atoms with Crippen LogP contribution in [0.15, 0.2) is 297 Å². The fourth-order valence-electron chi connectivity index (χ4n) is 11.8. The number of allylic oxidation sites excluding steroid dienone is 9. The van der Waals surface area contributed by atoms with Gasteiger partial charge in [0.1, 0.15) is 0 Å². The predicted molar refractivity (Wildman–Crippen MR) is 343 cm³/mol. The second kappa shape index (κ2) is 23.1. The van der Waals surface area contributed by atoms with Crippen LogP contribution in [0.3, 0.4) is 0 Å². The van der Waals surface area contributed by atoms with Crippen molar-refractivity contribution in [1.82, 2.24) is 4.90 Å². The van der Waals surface area contributed by atoms with Gasteiger partial charge in [-0.25, -0.2) is 0 Å². The van der Waals surface area contributed by atoms with Crippen molar-refractivity contribution in [3.05, 3.63) is 324 Å². The first-order chi connectivity index (χ1) is 39.7. The molecule has 2 nitrogen and oxygen atoms in total. The fraction of sp³-hybridized carbons (Fsp3) is 0.0769. The molecular weight excluding hydrogens is 965 g/mol. The van der Waals surface area contributed by atoms with E-state index >= 15 is 0 Å². The van der Waals surface area contributed by atoms with Crippen LogP contribution in [0.4, 0.5) is 17.1 Å². The highest BCUT2D eigenvalue weighted by molar-refractivity contribution is 6.22.